The van der Waals surface area contributed by atoms with Crippen LogP contribution in [0.15, 0.2) is 54.6 Å². The van der Waals surface area contributed by atoms with Crippen molar-refractivity contribution >= 4 is 5.91 Å². The lowest BCUT2D eigenvalue weighted by molar-refractivity contribution is -0.142. The molecule has 172 valence electrons. The third kappa shape index (κ3) is 4.50. The number of hydrogen-bond acceptors (Lipinski definition) is 5. The molecule has 33 heavy (non-hydrogen) atoms. The molecule has 7 heteroatoms. The molecule has 2 saturated heterocycles. The molecule has 0 saturated carbocycles. The number of amides is 1. The summed E-state index contributed by atoms with van der Waals surface area (Å²) in [6.07, 6.45) is 0.417. The van der Waals surface area contributed by atoms with Gasteiger partial charge in [-0.3, -0.25) is 14.8 Å². The van der Waals surface area contributed by atoms with Crippen LogP contribution in [-0.2, 0) is 17.8 Å². The zero-order chi connectivity index (χ0) is 22.8. The predicted molar refractivity (Wildman–Crippen MR) is 126 cm³/mol. The zero-order valence-electron chi connectivity index (χ0n) is 19.3. The number of likely N-dealkylation sites (tertiary alicyclic amines) is 2. The number of carbonyl (C=O) groups is 1. The van der Waals surface area contributed by atoms with Crippen LogP contribution < -0.4 is 4.74 Å². The van der Waals surface area contributed by atoms with Gasteiger partial charge in [0.1, 0.15) is 11.6 Å². The molecule has 1 amide bonds. The van der Waals surface area contributed by atoms with Crippen molar-refractivity contribution < 1.29 is 9.53 Å². The average Bonchev–Trinajstić information content (AvgIpc) is 3.38. The molecule has 2 fully saturated rings. The van der Waals surface area contributed by atoms with Crippen LogP contribution in [0.2, 0.25) is 0 Å². The summed E-state index contributed by atoms with van der Waals surface area (Å²) in [5.41, 5.74) is 2.34. The van der Waals surface area contributed by atoms with Gasteiger partial charge in [0.2, 0.25) is 5.91 Å². The molecule has 1 aromatic heterocycles. The van der Waals surface area contributed by atoms with E-state index in [-0.39, 0.29) is 17.2 Å². The summed E-state index contributed by atoms with van der Waals surface area (Å²) < 4.78 is 5.50. The second kappa shape index (κ2) is 8.98. The maximum Gasteiger partial charge on any atom is 0.227 e. The van der Waals surface area contributed by atoms with Crippen LogP contribution in [0.3, 0.4) is 0 Å². The standard InChI is InChI=1S/C26H31N5O2/c1-3-33-22-11-9-20(10-12-22)13-24(32)31-17-26(18-31)16-30(14-21-7-5-4-6-8-21)15-23(26)25-27-19(2)28-29-25/h4-12,23H,3,13-18H2,1-2H3,(H,27,28,29). The average molecular weight is 446 g/mol. The van der Waals surface area contributed by atoms with Gasteiger partial charge in [-0.05, 0) is 37.1 Å². The minimum Gasteiger partial charge on any atom is -0.494 e. The van der Waals surface area contributed by atoms with Crippen molar-refractivity contribution in [2.45, 2.75) is 32.7 Å². The highest BCUT2D eigenvalue weighted by Crippen LogP contribution is 2.48. The predicted octanol–water partition coefficient (Wildman–Crippen LogP) is 3.18. The molecular formula is C26H31N5O2. The Morgan fingerprint density at radius 3 is 2.52 bits per heavy atom. The first-order chi connectivity index (χ1) is 16.0. The number of hydrogen-bond donors (Lipinski definition) is 1. The zero-order valence-corrected chi connectivity index (χ0v) is 19.3. The quantitative estimate of drug-likeness (QED) is 0.605. The number of H-pyrrole nitrogens is 1. The van der Waals surface area contributed by atoms with Gasteiger partial charge in [-0.2, -0.15) is 5.10 Å². The van der Waals surface area contributed by atoms with E-state index in [1.165, 1.54) is 5.56 Å². The third-order valence-electron chi connectivity index (χ3n) is 6.85. The highest BCUT2D eigenvalue weighted by Gasteiger charge is 2.56. The number of ether oxygens (including phenoxy) is 1. The highest BCUT2D eigenvalue weighted by atomic mass is 16.5. The van der Waals surface area contributed by atoms with E-state index in [0.29, 0.717) is 13.0 Å². The Morgan fingerprint density at radius 2 is 1.85 bits per heavy atom. The van der Waals surface area contributed by atoms with E-state index in [1.807, 2.05) is 49.1 Å². The minimum absolute atomic E-state index is 0.0118. The number of nitrogens with zero attached hydrogens (tertiary/aromatic N) is 4. The SMILES string of the molecule is CCOc1ccc(CC(=O)N2CC3(CN(Cc4ccccc4)CC3c3n[nH]c(C)n3)C2)cc1. The van der Waals surface area contributed by atoms with Gasteiger partial charge in [0.25, 0.3) is 0 Å². The summed E-state index contributed by atoms with van der Waals surface area (Å²) in [4.78, 5) is 22.2. The molecule has 1 unspecified atom stereocenters. The van der Waals surface area contributed by atoms with Crippen molar-refractivity contribution in [3.05, 3.63) is 77.4 Å². The Bertz CT molecular complexity index is 1090. The van der Waals surface area contributed by atoms with E-state index < -0.39 is 0 Å². The summed E-state index contributed by atoms with van der Waals surface area (Å²) in [5, 5.41) is 7.51. The lowest BCUT2D eigenvalue weighted by Crippen LogP contribution is -2.61. The summed E-state index contributed by atoms with van der Waals surface area (Å²) in [6, 6.07) is 18.4. The van der Waals surface area contributed by atoms with Crippen molar-refractivity contribution in [2.75, 3.05) is 32.8 Å². The number of nitrogens with one attached hydrogen (secondary N) is 1. The van der Waals surface area contributed by atoms with Crippen molar-refractivity contribution in [1.29, 1.82) is 0 Å². The molecule has 7 nitrogen and oxygen atoms in total. The fraction of sp³-hybridized carbons (Fsp3) is 0.423. The van der Waals surface area contributed by atoms with E-state index in [0.717, 1.165) is 55.7 Å². The van der Waals surface area contributed by atoms with Crippen LogP contribution in [0, 0.1) is 12.3 Å². The smallest absolute Gasteiger partial charge is 0.227 e. The van der Waals surface area contributed by atoms with E-state index in [4.69, 9.17) is 4.74 Å². The van der Waals surface area contributed by atoms with E-state index in [2.05, 4.69) is 44.3 Å². The molecule has 0 bridgehead atoms. The van der Waals surface area contributed by atoms with Crippen molar-refractivity contribution in [3.63, 3.8) is 0 Å². The molecule has 1 atom stereocenters. The Balaban J connectivity index is 1.26. The van der Waals surface area contributed by atoms with Gasteiger partial charge < -0.3 is 9.64 Å². The van der Waals surface area contributed by atoms with Crippen LogP contribution in [-0.4, -0.2) is 63.7 Å². The normalized spacial score (nSPS) is 19.6. The van der Waals surface area contributed by atoms with Gasteiger partial charge >= 0.3 is 0 Å². The van der Waals surface area contributed by atoms with E-state index in [1.54, 1.807) is 0 Å². The molecule has 3 heterocycles. The highest BCUT2D eigenvalue weighted by molar-refractivity contribution is 5.80. The van der Waals surface area contributed by atoms with Gasteiger partial charge in [-0.15, -0.1) is 0 Å². The lowest BCUT2D eigenvalue weighted by atomic mass is 9.71. The Hall–Kier alpha value is -3.19. The number of benzene rings is 2. The summed E-state index contributed by atoms with van der Waals surface area (Å²) in [7, 11) is 0. The minimum atomic E-state index is 0.0118. The lowest BCUT2D eigenvalue weighted by Gasteiger charge is -2.50. The van der Waals surface area contributed by atoms with Gasteiger partial charge in [-0.1, -0.05) is 42.5 Å². The second-order valence-electron chi connectivity index (χ2n) is 9.35. The fourth-order valence-electron chi connectivity index (χ4n) is 5.27. The second-order valence-corrected chi connectivity index (χ2v) is 9.35. The summed E-state index contributed by atoms with van der Waals surface area (Å²) >= 11 is 0. The topological polar surface area (TPSA) is 74.3 Å². The van der Waals surface area contributed by atoms with Gasteiger partial charge in [0, 0.05) is 44.1 Å². The molecule has 2 aliphatic rings. The van der Waals surface area contributed by atoms with Crippen molar-refractivity contribution in [2.24, 2.45) is 5.41 Å². The number of aromatic nitrogens is 3. The Morgan fingerprint density at radius 1 is 1.09 bits per heavy atom. The number of aromatic amines is 1. The molecular weight excluding hydrogens is 414 g/mol. The monoisotopic (exact) mass is 445 g/mol. The molecule has 2 aliphatic heterocycles. The summed E-state index contributed by atoms with van der Waals surface area (Å²) in [6.45, 7) is 8.82. The number of rotatable bonds is 7. The van der Waals surface area contributed by atoms with Crippen LogP contribution in [0.1, 0.15) is 35.6 Å². The van der Waals surface area contributed by atoms with Crippen molar-refractivity contribution in [1.82, 2.24) is 25.0 Å². The maximum atomic E-state index is 13.0. The Labute approximate surface area is 194 Å². The van der Waals surface area contributed by atoms with Crippen molar-refractivity contribution in [3.8, 4) is 5.75 Å². The molecule has 0 aliphatic carbocycles. The van der Waals surface area contributed by atoms with Crippen LogP contribution in [0.4, 0.5) is 0 Å². The van der Waals surface area contributed by atoms with Crippen LogP contribution in [0.25, 0.3) is 0 Å². The summed E-state index contributed by atoms with van der Waals surface area (Å²) in [5.74, 6) is 2.95. The van der Waals surface area contributed by atoms with E-state index in [9.17, 15) is 4.79 Å². The first kappa shape index (κ1) is 21.6. The molecule has 5 rings (SSSR count). The largest absolute Gasteiger partial charge is 0.494 e. The first-order valence-corrected chi connectivity index (χ1v) is 11.7. The molecule has 3 aromatic rings. The fourth-order valence-corrected chi connectivity index (χ4v) is 5.27. The number of carbonyl (C=O) groups excluding carboxylic acids is 1. The molecule has 0 radical (unpaired) electrons. The molecule has 2 aromatic carbocycles. The Kier molecular flexibility index (Phi) is 5.89. The van der Waals surface area contributed by atoms with Crippen LogP contribution >= 0.6 is 0 Å². The molecule has 1 N–H and O–H groups in total. The first-order valence-electron chi connectivity index (χ1n) is 11.7. The van der Waals surface area contributed by atoms with E-state index >= 15 is 0 Å². The maximum absolute atomic E-state index is 13.0. The third-order valence-corrected chi connectivity index (χ3v) is 6.85. The van der Waals surface area contributed by atoms with Gasteiger partial charge in [-0.25, -0.2) is 4.98 Å². The van der Waals surface area contributed by atoms with Crippen LogP contribution in [0.5, 0.6) is 5.75 Å². The van der Waals surface area contributed by atoms with Gasteiger partial charge in [0.15, 0.2) is 5.82 Å². The number of aryl methyl sites for hydroxylation is 1. The van der Waals surface area contributed by atoms with Gasteiger partial charge in [0.05, 0.1) is 13.0 Å². The molecule has 1 spiro atoms.